The van der Waals surface area contributed by atoms with Crippen molar-refractivity contribution in [3.8, 4) is 5.88 Å². The van der Waals surface area contributed by atoms with Gasteiger partial charge < -0.3 is 19.7 Å². The van der Waals surface area contributed by atoms with Gasteiger partial charge >= 0.3 is 0 Å². The molecular formula is C19H23N5O4. The molecule has 1 N–H and O–H groups in total. The fraction of sp³-hybridized carbons (Fsp3) is 0.421. The van der Waals surface area contributed by atoms with Crippen molar-refractivity contribution in [1.29, 1.82) is 0 Å². The fourth-order valence-corrected chi connectivity index (χ4v) is 2.82. The number of rotatable bonds is 5. The molecule has 2 amide bonds. The standard InChI is InChI=1S/C19H23N5O4/c1-13-8-22-16(9-21-13)10-23-18(25)15-11-24(5-6-28-12-15)19(26)14-3-4-20-17(7-14)27-2/h3-4,7-9,15H,5-6,10-12H2,1-2H3,(H,23,25). The average Bonchev–Trinajstić information content (AvgIpc) is 2.99. The maximum Gasteiger partial charge on any atom is 0.254 e. The first-order chi connectivity index (χ1) is 13.6. The zero-order valence-electron chi connectivity index (χ0n) is 15.9. The molecule has 0 aromatic carbocycles. The summed E-state index contributed by atoms with van der Waals surface area (Å²) >= 11 is 0. The molecule has 9 nitrogen and oxygen atoms in total. The van der Waals surface area contributed by atoms with Crippen molar-refractivity contribution in [2.24, 2.45) is 5.92 Å². The van der Waals surface area contributed by atoms with Gasteiger partial charge in [-0.15, -0.1) is 0 Å². The highest BCUT2D eigenvalue weighted by Gasteiger charge is 2.28. The molecule has 28 heavy (non-hydrogen) atoms. The molecule has 1 atom stereocenters. The van der Waals surface area contributed by atoms with Crippen LogP contribution in [-0.4, -0.2) is 65.1 Å². The number of pyridine rings is 1. The minimum Gasteiger partial charge on any atom is -0.481 e. The van der Waals surface area contributed by atoms with E-state index in [9.17, 15) is 9.59 Å². The summed E-state index contributed by atoms with van der Waals surface area (Å²) in [6.07, 6.45) is 4.80. The summed E-state index contributed by atoms with van der Waals surface area (Å²) in [5.41, 5.74) is 1.95. The van der Waals surface area contributed by atoms with Crippen LogP contribution >= 0.6 is 0 Å². The molecule has 148 valence electrons. The lowest BCUT2D eigenvalue weighted by Crippen LogP contribution is -2.41. The van der Waals surface area contributed by atoms with E-state index in [4.69, 9.17) is 9.47 Å². The van der Waals surface area contributed by atoms with Crippen molar-refractivity contribution in [2.75, 3.05) is 33.4 Å². The monoisotopic (exact) mass is 385 g/mol. The fourth-order valence-electron chi connectivity index (χ4n) is 2.82. The van der Waals surface area contributed by atoms with Crippen LogP contribution in [0.4, 0.5) is 0 Å². The number of ether oxygens (including phenoxy) is 2. The first kappa shape index (κ1) is 19.7. The van der Waals surface area contributed by atoms with Crippen molar-refractivity contribution >= 4 is 11.8 Å². The van der Waals surface area contributed by atoms with Gasteiger partial charge in [-0.2, -0.15) is 0 Å². The molecule has 0 bridgehead atoms. The molecule has 1 saturated heterocycles. The molecular weight excluding hydrogens is 362 g/mol. The van der Waals surface area contributed by atoms with E-state index in [1.807, 2.05) is 6.92 Å². The summed E-state index contributed by atoms with van der Waals surface area (Å²) in [4.78, 5) is 39.4. The summed E-state index contributed by atoms with van der Waals surface area (Å²) in [7, 11) is 1.50. The molecule has 1 unspecified atom stereocenters. The SMILES string of the molecule is COc1cc(C(=O)N2CCOCC(C(=O)NCc3cnc(C)cn3)C2)ccn1. The van der Waals surface area contributed by atoms with Crippen molar-refractivity contribution in [3.05, 3.63) is 47.7 Å². The molecule has 9 heteroatoms. The van der Waals surface area contributed by atoms with E-state index in [1.165, 1.54) is 13.3 Å². The highest BCUT2D eigenvalue weighted by atomic mass is 16.5. The zero-order chi connectivity index (χ0) is 19.9. The quantitative estimate of drug-likeness (QED) is 0.803. The first-order valence-electron chi connectivity index (χ1n) is 8.99. The van der Waals surface area contributed by atoms with E-state index < -0.39 is 5.92 Å². The van der Waals surface area contributed by atoms with Gasteiger partial charge in [-0.25, -0.2) is 4.98 Å². The Balaban J connectivity index is 1.62. The zero-order valence-corrected chi connectivity index (χ0v) is 15.9. The van der Waals surface area contributed by atoms with Crippen LogP contribution in [-0.2, 0) is 16.1 Å². The van der Waals surface area contributed by atoms with Crippen LogP contribution in [0.5, 0.6) is 5.88 Å². The lowest BCUT2D eigenvalue weighted by molar-refractivity contribution is -0.126. The maximum absolute atomic E-state index is 12.8. The minimum atomic E-state index is -0.464. The Labute approximate surface area is 163 Å². The molecule has 2 aromatic rings. The van der Waals surface area contributed by atoms with Gasteiger partial charge in [0, 0.05) is 37.1 Å². The van der Waals surface area contributed by atoms with Crippen LogP contribution in [0.1, 0.15) is 21.7 Å². The maximum atomic E-state index is 12.8. The van der Waals surface area contributed by atoms with E-state index in [0.717, 1.165) is 5.69 Å². The van der Waals surface area contributed by atoms with Gasteiger partial charge in [0.15, 0.2) is 0 Å². The number of aromatic nitrogens is 3. The Bertz CT molecular complexity index is 827. The van der Waals surface area contributed by atoms with Crippen molar-refractivity contribution < 1.29 is 19.1 Å². The van der Waals surface area contributed by atoms with Gasteiger partial charge in [-0.3, -0.25) is 19.6 Å². The molecule has 3 heterocycles. The Kier molecular flexibility index (Phi) is 6.49. The highest BCUT2D eigenvalue weighted by Crippen LogP contribution is 2.15. The smallest absolute Gasteiger partial charge is 0.254 e. The number of aryl methyl sites for hydroxylation is 1. The first-order valence-corrected chi connectivity index (χ1v) is 8.99. The van der Waals surface area contributed by atoms with Crippen molar-refractivity contribution in [3.63, 3.8) is 0 Å². The lowest BCUT2D eigenvalue weighted by Gasteiger charge is -2.23. The molecule has 3 rings (SSSR count). The predicted octanol–water partition coefficient (Wildman–Crippen LogP) is 0.594. The molecule has 0 spiro atoms. The third-order valence-electron chi connectivity index (χ3n) is 4.39. The molecule has 1 aliphatic heterocycles. The molecule has 2 aromatic heterocycles. The summed E-state index contributed by atoms with van der Waals surface area (Å²) in [5, 5.41) is 2.84. The Hall–Kier alpha value is -3.07. The second-order valence-electron chi connectivity index (χ2n) is 6.48. The third kappa shape index (κ3) is 5.01. The minimum absolute atomic E-state index is 0.186. The van der Waals surface area contributed by atoms with Crippen LogP contribution in [0, 0.1) is 12.8 Å². The van der Waals surface area contributed by atoms with Gasteiger partial charge in [-0.05, 0) is 13.0 Å². The van der Waals surface area contributed by atoms with E-state index in [0.29, 0.717) is 30.3 Å². The van der Waals surface area contributed by atoms with Crippen LogP contribution in [0.2, 0.25) is 0 Å². The highest BCUT2D eigenvalue weighted by molar-refractivity contribution is 5.94. The van der Waals surface area contributed by atoms with E-state index in [1.54, 1.807) is 29.4 Å². The Morgan fingerprint density at radius 3 is 2.93 bits per heavy atom. The number of hydrogen-bond donors (Lipinski definition) is 1. The number of carbonyl (C=O) groups excluding carboxylic acids is 2. The van der Waals surface area contributed by atoms with E-state index in [-0.39, 0.29) is 31.5 Å². The average molecular weight is 385 g/mol. The Morgan fingerprint density at radius 2 is 2.18 bits per heavy atom. The molecule has 0 aliphatic carbocycles. The second kappa shape index (κ2) is 9.23. The van der Waals surface area contributed by atoms with Gasteiger partial charge in [-0.1, -0.05) is 0 Å². The largest absolute Gasteiger partial charge is 0.481 e. The number of hydrogen-bond acceptors (Lipinski definition) is 7. The topological polar surface area (TPSA) is 107 Å². The summed E-state index contributed by atoms with van der Waals surface area (Å²) < 4.78 is 10.6. The van der Waals surface area contributed by atoms with Gasteiger partial charge in [0.1, 0.15) is 0 Å². The van der Waals surface area contributed by atoms with Crippen LogP contribution in [0.15, 0.2) is 30.7 Å². The normalized spacial score (nSPS) is 16.9. The summed E-state index contributed by atoms with van der Waals surface area (Å²) in [6.45, 7) is 3.45. The number of nitrogens with one attached hydrogen (secondary N) is 1. The number of carbonyl (C=O) groups is 2. The lowest BCUT2D eigenvalue weighted by atomic mass is 10.1. The molecule has 0 radical (unpaired) electrons. The van der Waals surface area contributed by atoms with Crippen LogP contribution in [0.25, 0.3) is 0 Å². The molecule has 1 aliphatic rings. The number of nitrogens with zero attached hydrogens (tertiary/aromatic N) is 4. The van der Waals surface area contributed by atoms with E-state index >= 15 is 0 Å². The van der Waals surface area contributed by atoms with Gasteiger partial charge in [0.05, 0.1) is 50.4 Å². The van der Waals surface area contributed by atoms with Crippen LogP contribution in [0.3, 0.4) is 0 Å². The van der Waals surface area contributed by atoms with Crippen molar-refractivity contribution in [2.45, 2.75) is 13.5 Å². The van der Waals surface area contributed by atoms with Gasteiger partial charge in [0.2, 0.25) is 11.8 Å². The summed E-state index contributed by atoms with van der Waals surface area (Å²) in [5.74, 6) is -0.471. The number of amides is 2. The second-order valence-corrected chi connectivity index (χ2v) is 6.48. The summed E-state index contributed by atoms with van der Waals surface area (Å²) in [6, 6.07) is 3.21. The molecule has 1 fully saturated rings. The third-order valence-corrected chi connectivity index (χ3v) is 4.39. The van der Waals surface area contributed by atoms with Crippen molar-refractivity contribution in [1.82, 2.24) is 25.2 Å². The van der Waals surface area contributed by atoms with E-state index in [2.05, 4.69) is 20.3 Å². The number of methoxy groups -OCH3 is 1. The van der Waals surface area contributed by atoms with Gasteiger partial charge in [0.25, 0.3) is 5.91 Å². The predicted molar refractivity (Wildman–Crippen MR) is 99.6 cm³/mol. The van der Waals surface area contributed by atoms with Crippen LogP contribution < -0.4 is 10.1 Å². The molecule has 0 saturated carbocycles. The Morgan fingerprint density at radius 1 is 1.32 bits per heavy atom.